The van der Waals surface area contributed by atoms with E-state index >= 15 is 0 Å². The number of aliphatic hydroxyl groups excluding tert-OH is 2. The average molecular weight is 757 g/mol. The van der Waals surface area contributed by atoms with Crippen molar-refractivity contribution in [2.45, 2.75) is 60.4 Å². The standard InChI is InChI=1S/C22H25N3O5.C17H19N3O3S/c1-5-29-21(26)17-11-14(3)23-19(17)18-13-25(24-20(18)22(27)30-6-2)12-15-7-9-16(28-4)10-8-15;1-11-18-17(16(10-22)24-11)14-8-20(19-15(14)9-21)7-12-3-5-13(23-2)6-4-12/h7-10,13H,5-6,11-12H2,1-4H3;3-6,8,21-22H,7,9-10H2,1-2H3. The van der Waals surface area contributed by atoms with Crippen LogP contribution in [-0.4, -0.2) is 79.8 Å². The summed E-state index contributed by atoms with van der Waals surface area (Å²) < 4.78 is 24.1. The Bertz CT molecular complexity index is 2130. The first-order valence-corrected chi connectivity index (χ1v) is 18.1. The number of hydrogen-bond acceptors (Lipinski definition) is 13. The number of benzene rings is 2. The fourth-order valence-corrected chi connectivity index (χ4v) is 6.56. The Hall–Kier alpha value is -5.64. The van der Waals surface area contributed by atoms with Gasteiger partial charge in [0.25, 0.3) is 0 Å². The maximum absolute atomic E-state index is 12.6. The van der Waals surface area contributed by atoms with E-state index in [4.69, 9.17) is 18.9 Å². The second-order valence-corrected chi connectivity index (χ2v) is 13.4. The Kier molecular flexibility index (Phi) is 13.5. The van der Waals surface area contributed by atoms with E-state index in [1.165, 1.54) is 11.3 Å². The van der Waals surface area contributed by atoms with Gasteiger partial charge in [-0.15, -0.1) is 11.3 Å². The quantitative estimate of drug-likeness (QED) is 0.135. The molecule has 4 heterocycles. The lowest BCUT2D eigenvalue weighted by molar-refractivity contribution is -0.138. The molecule has 3 aromatic heterocycles. The lowest BCUT2D eigenvalue weighted by Crippen LogP contribution is -2.11. The molecule has 1 aliphatic rings. The van der Waals surface area contributed by atoms with Crippen LogP contribution in [0.3, 0.4) is 0 Å². The van der Waals surface area contributed by atoms with Gasteiger partial charge in [-0.1, -0.05) is 24.3 Å². The number of hydrogen-bond donors (Lipinski definition) is 2. The van der Waals surface area contributed by atoms with E-state index in [-0.39, 0.29) is 32.1 Å². The van der Waals surface area contributed by atoms with E-state index in [9.17, 15) is 19.8 Å². The number of aryl methyl sites for hydroxylation is 1. The van der Waals surface area contributed by atoms with Gasteiger partial charge in [0.15, 0.2) is 5.69 Å². The van der Waals surface area contributed by atoms with Gasteiger partial charge in [-0.05, 0) is 63.1 Å². The van der Waals surface area contributed by atoms with Crippen molar-refractivity contribution < 1.29 is 38.7 Å². The molecule has 0 saturated heterocycles. The lowest BCUT2D eigenvalue weighted by Gasteiger charge is -2.05. The van der Waals surface area contributed by atoms with Gasteiger partial charge in [0.05, 0.1) is 91.8 Å². The zero-order valence-electron chi connectivity index (χ0n) is 31.2. The van der Waals surface area contributed by atoms with Crippen molar-refractivity contribution in [1.82, 2.24) is 24.5 Å². The van der Waals surface area contributed by atoms with Gasteiger partial charge in [0, 0.05) is 30.1 Å². The minimum atomic E-state index is -0.559. The van der Waals surface area contributed by atoms with Crippen LogP contribution in [0, 0.1) is 6.92 Å². The van der Waals surface area contributed by atoms with E-state index in [2.05, 4.69) is 20.2 Å². The molecule has 0 saturated carbocycles. The molecule has 0 radical (unpaired) electrons. The molecule has 0 atom stereocenters. The van der Waals surface area contributed by atoms with Crippen LogP contribution < -0.4 is 9.47 Å². The highest BCUT2D eigenvalue weighted by Crippen LogP contribution is 2.33. The summed E-state index contributed by atoms with van der Waals surface area (Å²) in [6.45, 7) is 8.44. The number of thiazole rings is 1. The van der Waals surface area contributed by atoms with Crippen molar-refractivity contribution >= 4 is 34.7 Å². The number of ether oxygens (including phenoxy) is 4. The number of aromatic nitrogens is 5. The number of nitrogens with zero attached hydrogens (tertiary/aromatic N) is 6. The summed E-state index contributed by atoms with van der Waals surface area (Å²) in [4.78, 5) is 34.8. The van der Waals surface area contributed by atoms with Crippen LogP contribution in [0.5, 0.6) is 11.5 Å². The summed E-state index contributed by atoms with van der Waals surface area (Å²) in [5.74, 6) is 0.566. The van der Waals surface area contributed by atoms with Crippen LogP contribution in [-0.2, 0) is 40.6 Å². The topological polar surface area (TPSA) is 172 Å². The molecule has 284 valence electrons. The van der Waals surface area contributed by atoms with E-state index < -0.39 is 11.9 Å². The first-order chi connectivity index (χ1) is 26.1. The third kappa shape index (κ3) is 9.47. The molecule has 2 N–H and O–H groups in total. The molecule has 0 fully saturated rings. The Morgan fingerprint density at radius 2 is 1.33 bits per heavy atom. The highest BCUT2D eigenvalue weighted by atomic mass is 32.1. The molecule has 0 bridgehead atoms. The van der Waals surface area contributed by atoms with Crippen LogP contribution in [0.25, 0.3) is 17.0 Å². The number of carbonyl (C=O) groups excluding carboxylic acids is 2. The van der Waals surface area contributed by atoms with Crippen molar-refractivity contribution in [3.63, 3.8) is 0 Å². The van der Waals surface area contributed by atoms with Crippen molar-refractivity contribution in [1.29, 1.82) is 0 Å². The van der Waals surface area contributed by atoms with Gasteiger partial charge in [-0.25, -0.2) is 14.6 Å². The number of carbonyl (C=O) groups is 2. The molecule has 1 aliphatic heterocycles. The van der Waals surface area contributed by atoms with Gasteiger partial charge < -0.3 is 29.2 Å². The normalized spacial score (nSPS) is 12.3. The monoisotopic (exact) mass is 756 g/mol. The van der Waals surface area contributed by atoms with E-state index in [0.717, 1.165) is 43.8 Å². The SMILES string of the molecule is CCOC(=O)C1=C(c2cn(Cc3ccc(OC)cc3)nc2C(=O)OCC)N=C(C)C1.COc1ccc(Cn2cc(-c3nc(C)sc3CO)c(CO)n2)cc1. The van der Waals surface area contributed by atoms with Crippen molar-refractivity contribution in [3.8, 4) is 22.8 Å². The summed E-state index contributed by atoms with van der Waals surface area (Å²) in [5.41, 5.74) is 6.26. The summed E-state index contributed by atoms with van der Waals surface area (Å²) in [5, 5.41) is 28.9. The second-order valence-electron chi connectivity index (χ2n) is 12.1. The Morgan fingerprint density at radius 3 is 1.87 bits per heavy atom. The molecule has 14 nitrogen and oxygen atoms in total. The molecule has 0 spiro atoms. The lowest BCUT2D eigenvalue weighted by atomic mass is 10.1. The predicted molar refractivity (Wildman–Crippen MR) is 204 cm³/mol. The predicted octanol–water partition coefficient (Wildman–Crippen LogP) is 5.61. The van der Waals surface area contributed by atoms with Crippen LogP contribution in [0.2, 0.25) is 0 Å². The first-order valence-electron chi connectivity index (χ1n) is 17.3. The maximum atomic E-state index is 12.6. The van der Waals surface area contributed by atoms with Crippen LogP contribution in [0.4, 0.5) is 0 Å². The summed E-state index contributed by atoms with van der Waals surface area (Å²) in [6, 6.07) is 15.3. The Balaban J connectivity index is 0.000000213. The zero-order valence-corrected chi connectivity index (χ0v) is 32.0. The third-order valence-electron chi connectivity index (χ3n) is 8.23. The second kappa shape index (κ2) is 18.4. The fraction of sp³-hybridized carbons (Fsp3) is 0.333. The number of methoxy groups -OCH3 is 2. The van der Waals surface area contributed by atoms with Crippen LogP contribution in [0.1, 0.15) is 69.9 Å². The van der Waals surface area contributed by atoms with Crippen LogP contribution in [0.15, 0.2) is 71.5 Å². The van der Waals surface area contributed by atoms with Gasteiger partial charge in [-0.3, -0.25) is 14.4 Å². The van der Waals surface area contributed by atoms with Crippen LogP contribution >= 0.6 is 11.3 Å². The minimum Gasteiger partial charge on any atom is -0.497 e. The molecule has 5 aromatic rings. The zero-order chi connectivity index (χ0) is 38.8. The molecular weight excluding hydrogens is 713 g/mol. The fourth-order valence-electron chi connectivity index (χ4n) is 5.75. The summed E-state index contributed by atoms with van der Waals surface area (Å²) >= 11 is 1.45. The highest BCUT2D eigenvalue weighted by Gasteiger charge is 2.29. The van der Waals surface area contributed by atoms with Gasteiger partial charge in [-0.2, -0.15) is 10.2 Å². The number of aliphatic imine (C=N–C) groups is 1. The Labute approximate surface area is 317 Å². The Morgan fingerprint density at radius 1 is 0.778 bits per heavy atom. The van der Waals surface area contributed by atoms with E-state index in [0.29, 0.717) is 47.7 Å². The number of rotatable bonds is 14. The molecule has 54 heavy (non-hydrogen) atoms. The molecule has 0 aliphatic carbocycles. The molecule has 15 heteroatoms. The largest absolute Gasteiger partial charge is 0.497 e. The highest BCUT2D eigenvalue weighted by molar-refractivity contribution is 7.12. The molecule has 0 unspecified atom stereocenters. The van der Waals surface area contributed by atoms with E-state index in [1.54, 1.807) is 43.6 Å². The minimum absolute atomic E-state index is 0.0740. The number of esters is 2. The smallest absolute Gasteiger partial charge is 0.359 e. The maximum Gasteiger partial charge on any atom is 0.359 e. The van der Waals surface area contributed by atoms with Gasteiger partial charge >= 0.3 is 11.9 Å². The molecule has 0 amide bonds. The summed E-state index contributed by atoms with van der Waals surface area (Å²) in [7, 11) is 3.25. The van der Waals surface area contributed by atoms with Crippen molar-refractivity contribution in [2.75, 3.05) is 27.4 Å². The molecule has 6 rings (SSSR count). The molecule has 2 aromatic carbocycles. The van der Waals surface area contributed by atoms with Crippen molar-refractivity contribution in [3.05, 3.63) is 104 Å². The van der Waals surface area contributed by atoms with Crippen molar-refractivity contribution in [2.24, 2.45) is 4.99 Å². The summed E-state index contributed by atoms with van der Waals surface area (Å²) in [6.07, 6.45) is 3.96. The first kappa shape index (κ1) is 39.6. The van der Waals surface area contributed by atoms with Gasteiger partial charge in [0.1, 0.15) is 11.5 Å². The van der Waals surface area contributed by atoms with E-state index in [1.807, 2.05) is 68.6 Å². The van der Waals surface area contributed by atoms with Gasteiger partial charge in [0.2, 0.25) is 0 Å². The number of aliphatic hydroxyl groups is 2. The average Bonchev–Trinajstić information content (AvgIpc) is 3.97. The third-order valence-corrected chi connectivity index (χ3v) is 9.18. The molecular formula is C39H44N6O8S.